The Hall–Kier alpha value is -1.63. The van der Waals surface area contributed by atoms with Crippen LogP contribution >= 0.6 is 0 Å². The third-order valence-corrected chi connectivity index (χ3v) is 2.16. The fraction of sp³-hybridized carbons (Fsp3) is 0.333. The van der Waals surface area contributed by atoms with E-state index in [9.17, 15) is 4.39 Å². The Balaban J connectivity index is 2.32. The summed E-state index contributed by atoms with van der Waals surface area (Å²) in [4.78, 5) is 3.97. The third-order valence-electron chi connectivity index (χ3n) is 2.16. The summed E-state index contributed by atoms with van der Waals surface area (Å²) >= 11 is 0. The average molecular weight is 177 g/mol. The summed E-state index contributed by atoms with van der Waals surface area (Å²) in [6.45, 7) is 0. The van der Waals surface area contributed by atoms with Crippen LogP contribution in [0.5, 0.6) is 0 Å². The number of aromatic nitrogens is 1. The number of nitrogen functional groups attached to an aromatic ring is 1. The van der Waals surface area contributed by atoms with Gasteiger partial charge in [-0.2, -0.15) is 5.26 Å². The van der Waals surface area contributed by atoms with E-state index in [1.54, 1.807) is 12.1 Å². The van der Waals surface area contributed by atoms with Crippen molar-refractivity contribution < 1.29 is 4.39 Å². The predicted octanol–water partition coefficient (Wildman–Crippen LogP) is 1.36. The second-order valence-electron chi connectivity index (χ2n) is 3.14. The zero-order valence-corrected chi connectivity index (χ0v) is 6.87. The van der Waals surface area contributed by atoms with Gasteiger partial charge in [-0.05, 0) is 18.6 Å². The first-order valence-corrected chi connectivity index (χ1v) is 4.03. The Morgan fingerprint density at radius 2 is 2.31 bits per heavy atom. The Morgan fingerprint density at radius 1 is 1.62 bits per heavy atom. The molecule has 0 amide bonds. The van der Waals surface area contributed by atoms with Crippen molar-refractivity contribution in [2.75, 3.05) is 5.73 Å². The van der Waals surface area contributed by atoms with Gasteiger partial charge in [-0.15, -0.1) is 0 Å². The van der Waals surface area contributed by atoms with Crippen LogP contribution in [0.25, 0.3) is 0 Å². The molecule has 1 aliphatic rings. The van der Waals surface area contributed by atoms with Crippen molar-refractivity contribution >= 4 is 5.82 Å². The summed E-state index contributed by atoms with van der Waals surface area (Å²) in [6, 6.07) is 5.16. The van der Waals surface area contributed by atoms with E-state index in [0.29, 0.717) is 17.7 Å². The fourth-order valence-corrected chi connectivity index (χ4v) is 1.26. The minimum atomic E-state index is -0.778. The van der Waals surface area contributed by atoms with E-state index < -0.39 is 6.17 Å². The molecule has 0 saturated heterocycles. The molecule has 4 heteroatoms. The fourth-order valence-electron chi connectivity index (χ4n) is 1.26. The van der Waals surface area contributed by atoms with Crippen molar-refractivity contribution in [1.82, 2.24) is 4.98 Å². The zero-order valence-electron chi connectivity index (χ0n) is 6.87. The van der Waals surface area contributed by atoms with E-state index in [2.05, 4.69) is 4.98 Å². The van der Waals surface area contributed by atoms with Crippen LogP contribution in [0.1, 0.15) is 23.6 Å². The normalized spacial score (nSPS) is 25.2. The van der Waals surface area contributed by atoms with Crippen molar-refractivity contribution in [3.63, 3.8) is 0 Å². The number of halogens is 1. The summed E-state index contributed by atoms with van der Waals surface area (Å²) in [5.41, 5.74) is 6.49. The Bertz CT molecular complexity index is 383. The van der Waals surface area contributed by atoms with Gasteiger partial charge in [0, 0.05) is 11.6 Å². The van der Waals surface area contributed by atoms with E-state index in [1.165, 1.54) is 0 Å². The molecule has 2 rings (SSSR count). The maximum absolute atomic E-state index is 12.6. The number of hydrogen-bond acceptors (Lipinski definition) is 3. The van der Waals surface area contributed by atoms with E-state index in [0.717, 1.165) is 0 Å². The minimum absolute atomic E-state index is 0.102. The standard InChI is InChI=1S/C9H8FN3/c10-7-3-6(7)8-2-1-5(4-11)9(12)13-8/h1-2,6-7H,3H2,(H2,12,13)/t6-,7?/m1/s1. The van der Waals surface area contributed by atoms with Crippen LogP contribution in [-0.2, 0) is 0 Å². The highest BCUT2D eigenvalue weighted by Crippen LogP contribution is 2.42. The lowest BCUT2D eigenvalue weighted by Crippen LogP contribution is -1.98. The average Bonchev–Trinajstić information content (AvgIpc) is 2.82. The van der Waals surface area contributed by atoms with Crippen molar-refractivity contribution in [2.45, 2.75) is 18.5 Å². The van der Waals surface area contributed by atoms with Gasteiger partial charge in [0.2, 0.25) is 0 Å². The summed E-state index contributed by atoms with van der Waals surface area (Å²) in [5.74, 6) is 0.0918. The summed E-state index contributed by atoms with van der Waals surface area (Å²) in [7, 11) is 0. The topological polar surface area (TPSA) is 62.7 Å². The lowest BCUT2D eigenvalue weighted by Gasteiger charge is -1.99. The summed E-state index contributed by atoms with van der Waals surface area (Å²) in [6.07, 6.45) is -0.252. The summed E-state index contributed by atoms with van der Waals surface area (Å²) in [5, 5.41) is 8.57. The highest BCUT2D eigenvalue weighted by Gasteiger charge is 2.40. The Kier molecular flexibility index (Phi) is 1.66. The van der Waals surface area contributed by atoms with E-state index in [1.807, 2.05) is 6.07 Å². The molecule has 2 atom stereocenters. The highest BCUT2D eigenvalue weighted by molar-refractivity contribution is 5.49. The van der Waals surface area contributed by atoms with E-state index in [-0.39, 0.29) is 11.7 Å². The second-order valence-corrected chi connectivity index (χ2v) is 3.14. The quantitative estimate of drug-likeness (QED) is 0.704. The van der Waals surface area contributed by atoms with Gasteiger partial charge < -0.3 is 5.73 Å². The van der Waals surface area contributed by atoms with E-state index in [4.69, 9.17) is 11.0 Å². The molecule has 0 bridgehead atoms. The van der Waals surface area contributed by atoms with Gasteiger partial charge in [-0.3, -0.25) is 0 Å². The van der Waals surface area contributed by atoms with Crippen molar-refractivity contribution in [3.05, 3.63) is 23.4 Å². The number of anilines is 1. The molecule has 1 heterocycles. The number of pyridine rings is 1. The smallest absolute Gasteiger partial charge is 0.141 e. The molecule has 0 aromatic carbocycles. The first-order valence-electron chi connectivity index (χ1n) is 4.03. The Labute approximate surface area is 75.0 Å². The molecular formula is C9H8FN3. The molecule has 2 N–H and O–H groups in total. The number of nitriles is 1. The molecule has 0 radical (unpaired) electrons. The molecule has 66 valence electrons. The van der Waals surface area contributed by atoms with Gasteiger partial charge in [-0.1, -0.05) is 0 Å². The molecule has 1 saturated carbocycles. The van der Waals surface area contributed by atoms with Crippen LogP contribution < -0.4 is 5.73 Å². The number of rotatable bonds is 1. The van der Waals surface area contributed by atoms with Crippen molar-refractivity contribution in [3.8, 4) is 6.07 Å². The van der Waals surface area contributed by atoms with Crippen LogP contribution in [0.4, 0.5) is 10.2 Å². The van der Waals surface area contributed by atoms with Crippen LogP contribution in [-0.4, -0.2) is 11.2 Å². The molecular weight excluding hydrogens is 169 g/mol. The van der Waals surface area contributed by atoms with Gasteiger partial charge in [0.25, 0.3) is 0 Å². The maximum atomic E-state index is 12.6. The van der Waals surface area contributed by atoms with Gasteiger partial charge in [0.05, 0.1) is 5.56 Å². The van der Waals surface area contributed by atoms with Crippen LogP contribution in [0.2, 0.25) is 0 Å². The summed E-state index contributed by atoms with van der Waals surface area (Å²) < 4.78 is 12.6. The van der Waals surface area contributed by atoms with E-state index >= 15 is 0 Å². The van der Waals surface area contributed by atoms with Crippen molar-refractivity contribution in [1.29, 1.82) is 5.26 Å². The molecule has 1 unspecified atom stereocenters. The second kappa shape index (κ2) is 2.70. The minimum Gasteiger partial charge on any atom is -0.383 e. The van der Waals surface area contributed by atoms with Crippen molar-refractivity contribution in [2.24, 2.45) is 0 Å². The van der Waals surface area contributed by atoms with Gasteiger partial charge in [-0.25, -0.2) is 9.37 Å². The maximum Gasteiger partial charge on any atom is 0.141 e. The number of hydrogen-bond donors (Lipinski definition) is 1. The molecule has 1 fully saturated rings. The largest absolute Gasteiger partial charge is 0.383 e. The first kappa shape index (κ1) is 7.99. The lowest BCUT2D eigenvalue weighted by molar-refractivity contribution is 0.467. The van der Waals surface area contributed by atoms with Gasteiger partial charge in [0.1, 0.15) is 18.1 Å². The number of nitrogens with zero attached hydrogens (tertiary/aromatic N) is 2. The molecule has 1 aliphatic carbocycles. The molecule has 3 nitrogen and oxygen atoms in total. The Morgan fingerprint density at radius 3 is 2.77 bits per heavy atom. The SMILES string of the molecule is N#Cc1ccc([C@@H]2CC2F)nc1N. The lowest BCUT2D eigenvalue weighted by atomic mass is 10.2. The number of nitrogens with two attached hydrogens (primary N) is 1. The van der Waals surface area contributed by atoms with Crippen LogP contribution in [0.3, 0.4) is 0 Å². The predicted molar refractivity (Wildman–Crippen MR) is 45.6 cm³/mol. The van der Waals surface area contributed by atoms with Crippen LogP contribution in [0, 0.1) is 11.3 Å². The highest BCUT2D eigenvalue weighted by atomic mass is 19.1. The molecule has 1 aromatic heterocycles. The molecule has 0 spiro atoms. The van der Waals surface area contributed by atoms with Gasteiger partial charge in [0.15, 0.2) is 0 Å². The number of alkyl halides is 1. The molecule has 1 aromatic rings. The van der Waals surface area contributed by atoms with Crippen LogP contribution in [0.15, 0.2) is 12.1 Å². The molecule has 13 heavy (non-hydrogen) atoms. The molecule has 0 aliphatic heterocycles. The first-order chi connectivity index (χ1) is 6.22. The third kappa shape index (κ3) is 1.33. The van der Waals surface area contributed by atoms with Gasteiger partial charge >= 0.3 is 0 Å². The monoisotopic (exact) mass is 177 g/mol. The zero-order chi connectivity index (χ0) is 9.42.